The van der Waals surface area contributed by atoms with Gasteiger partial charge in [-0.25, -0.2) is 0 Å². The highest BCUT2D eigenvalue weighted by atomic mass is 35.5. The van der Waals surface area contributed by atoms with Gasteiger partial charge in [-0.1, -0.05) is 11.6 Å². The summed E-state index contributed by atoms with van der Waals surface area (Å²) in [5.41, 5.74) is -0.943. The van der Waals surface area contributed by atoms with Crippen molar-refractivity contribution >= 4 is 29.2 Å². The summed E-state index contributed by atoms with van der Waals surface area (Å²) in [7, 11) is 2.08. The SMILES string of the molecule is COC(=O)C(C(=O)OC)c1ncc(Cl)cc1[N+](=O)[O-]. The molecule has 1 heterocycles. The third-order valence-corrected chi connectivity index (χ3v) is 2.41. The van der Waals surface area contributed by atoms with Crippen LogP contribution in [-0.4, -0.2) is 36.1 Å². The van der Waals surface area contributed by atoms with Crippen LogP contribution >= 0.6 is 11.6 Å². The van der Waals surface area contributed by atoms with Gasteiger partial charge in [0.2, 0.25) is 5.92 Å². The average molecular weight is 289 g/mol. The molecule has 0 saturated heterocycles. The maximum atomic E-state index is 11.6. The first-order valence-electron chi connectivity index (χ1n) is 4.87. The Hall–Kier alpha value is -2.22. The Labute approximate surface area is 112 Å². The fourth-order valence-electron chi connectivity index (χ4n) is 1.36. The number of halogens is 1. The smallest absolute Gasteiger partial charge is 0.326 e. The molecule has 0 aliphatic rings. The molecule has 0 amide bonds. The van der Waals surface area contributed by atoms with Crippen LogP contribution in [0, 0.1) is 10.1 Å². The van der Waals surface area contributed by atoms with Crippen molar-refractivity contribution in [3.63, 3.8) is 0 Å². The molecule has 0 unspecified atom stereocenters. The number of carbonyl (C=O) groups is 2. The van der Waals surface area contributed by atoms with Gasteiger partial charge in [-0.3, -0.25) is 24.7 Å². The molecule has 1 rings (SSSR count). The zero-order chi connectivity index (χ0) is 14.6. The molecule has 0 atom stereocenters. The third-order valence-electron chi connectivity index (χ3n) is 2.21. The molecular weight excluding hydrogens is 280 g/mol. The fraction of sp³-hybridized carbons (Fsp3) is 0.300. The van der Waals surface area contributed by atoms with E-state index in [9.17, 15) is 19.7 Å². The summed E-state index contributed by atoms with van der Waals surface area (Å²) < 4.78 is 8.84. The largest absolute Gasteiger partial charge is 0.468 e. The first-order chi connectivity index (χ1) is 8.92. The van der Waals surface area contributed by atoms with Gasteiger partial charge in [0.15, 0.2) is 0 Å². The van der Waals surface area contributed by atoms with Gasteiger partial charge in [0.25, 0.3) is 5.69 Å². The molecule has 0 aromatic carbocycles. The number of ether oxygens (including phenoxy) is 2. The summed E-state index contributed by atoms with van der Waals surface area (Å²) in [5, 5.41) is 10.9. The Balaban J connectivity index is 3.41. The maximum absolute atomic E-state index is 11.6. The van der Waals surface area contributed by atoms with Gasteiger partial charge in [0.1, 0.15) is 5.69 Å². The monoisotopic (exact) mass is 288 g/mol. The van der Waals surface area contributed by atoms with Crippen LogP contribution in [0.3, 0.4) is 0 Å². The van der Waals surface area contributed by atoms with E-state index < -0.39 is 28.5 Å². The highest BCUT2D eigenvalue weighted by molar-refractivity contribution is 6.30. The van der Waals surface area contributed by atoms with Crippen LogP contribution in [0.25, 0.3) is 0 Å². The summed E-state index contributed by atoms with van der Waals surface area (Å²) in [4.78, 5) is 36.9. The van der Waals surface area contributed by atoms with E-state index in [1.54, 1.807) is 0 Å². The number of hydrogen-bond acceptors (Lipinski definition) is 7. The molecule has 0 bridgehead atoms. The van der Waals surface area contributed by atoms with Crippen molar-refractivity contribution in [3.8, 4) is 0 Å². The lowest BCUT2D eigenvalue weighted by atomic mass is 10.0. The van der Waals surface area contributed by atoms with Gasteiger partial charge < -0.3 is 9.47 Å². The van der Waals surface area contributed by atoms with E-state index in [0.29, 0.717) is 0 Å². The average Bonchev–Trinajstić information content (AvgIpc) is 2.39. The second-order valence-electron chi connectivity index (χ2n) is 3.29. The van der Waals surface area contributed by atoms with E-state index in [4.69, 9.17) is 11.6 Å². The molecule has 0 radical (unpaired) electrons. The second kappa shape index (κ2) is 6.10. The number of rotatable bonds is 4. The van der Waals surface area contributed by atoms with Crippen LogP contribution in [0.4, 0.5) is 5.69 Å². The first-order valence-corrected chi connectivity index (χ1v) is 5.25. The van der Waals surface area contributed by atoms with E-state index in [-0.39, 0.29) is 10.7 Å². The van der Waals surface area contributed by atoms with Crippen LogP contribution in [-0.2, 0) is 19.1 Å². The molecule has 0 aliphatic carbocycles. The van der Waals surface area contributed by atoms with Crippen LogP contribution < -0.4 is 0 Å². The van der Waals surface area contributed by atoms with Gasteiger partial charge in [-0.15, -0.1) is 0 Å². The topological polar surface area (TPSA) is 109 Å². The molecule has 0 aliphatic heterocycles. The van der Waals surface area contributed by atoms with Crippen molar-refractivity contribution in [1.82, 2.24) is 4.98 Å². The molecule has 0 fully saturated rings. The number of esters is 2. The number of hydrogen-bond donors (Lipinski definition) is 0. The van der Waals surface area contributed by atoms with Gasteiger partial charge in [0, 0.05) is 12.3 Å². The lowest BCUT2D eigenvalue weighted by Gasteiger charge is -2.11. The molecule has 9 heteroatoms. The molecule has 19 heavy (non-hydrogen) atoms. The molecule has 8 nitrogen and oxygen atoms in total. The number of nitro groups is 1. The lowest BCUT2D eigenvalue weighted by Crippen LogP contribution is -2.26. The third kappa shape index (κ3) is 3.16. The quantitative estimate of drug-likeness (QED) is 0.353. The van der Waals surface area contributed by atoms with E-state index in [2.05, 4.69) is 14.5 Å². The number of pyridine rings is 1. The van der Waals surface area contributed by atoms with E-state index in [1.807, 2.05) is 0 Å². The summed E-state index contributed by atoms with van der Waals surface area (Å²) in [6.45, 7) is 0. The normalized spacial score (nSPS) is 10.1. The van der Waals surface area contributed by atoms with Crippen molar-refractivity contribution < 1.29 is 24.0 Å². The molecule has 1 aromatic heterocycles. The highest BCUT2D eigenvalue weighted by Crippen LogP contribution is 2.28. The van der Waals surface area contributed by atoms with Gasteiger partial charge in [-0.05, 0) is 0 Å². The van der Waals surface area contributed by atoms with Crippen molar-refractivity contribution in [2.24, 2.45) is 0 Å². The molecule has 1 aromatic rings. The minimum Gasteiger partial charge on any atom is -0.468 e. The molecule has 102 valence electrons. The van der Waals surface area contributed by atoms with Gasteiger partial charge in [-0.2, -0.15) is 0 Å². The Kier molecular flexibility index (Phi) is 4.76. The Morgan fingerprint density at radius 3 is 2.32 bits per heavy atom. The van der Waals surface area contributed by atoms with Crippen molar-refractivity contribution in [1.29, 1.82) is 0 Å². The van der Waals surface area contributed by atoms with Crippen LogP contribution in [0.15, 0.2) is 12.3 Å². The standard InChI is InChI=1S/C10H9ClN2O6/c1-18-9(14)7(10(15)19-2)8-6(13(16)17)3-5(11)4-12-8/h3-4,7H,1-2H3. The summed E-state index contributed by atoms with van der Waals surface area (Å²) in [6, 6.07) is 0.989. The maximum Gasteiger partial charge on any atom is 0.326 e. The zero-order valence-electron chi connectivity index (χ0n) is 9.95. The number of aromatic nitrogens is 1. The number of nitrogens with zero attached hydrogens (tertiary/aromatic N) is 2. The fourth-order valence-corrected chi connectivity index (χ4v) is 1.52. The molecule has 0 N–H and O–H groups in total. The lowest BCUT2D eigenvalue weighted by molar-refractivity contribution is -0.386. The predicted molar refractivity (Wildman–Crippen MR) is 62.7 cm³/mol. The minimum atomic E-state index is -1.63. The van der Waals surface area contributed by atoms with Crippen LogP contribution in [0.5, 0.6) is 0 Å². The molecular formula is C10H9ClN2O6. The van der Waals surface area contributed by atoms with E-state index in [1.165, 1.54) is 0 Å². The van der Waals surface area contributed by atoms with Crippen molar-refractivity contribution in [3.05, 3.63) is 33.1 Å². The van der Waals surface area contributed by atoms with Gasteiger partial charge >= 0.3 is 11.9 Å². The van der Waals surface area contributed by atoms with Crippen molar-refractivity contribution in [2.75, 3.05) is 14.2 Å². The molecule has 0 saturated carbocycles. The predicted octanol–water partition coefficient (Wildman–Crippen LogP) is 1.07. The highest BCUT2D eigenvalue weighted by Gasteiger charge is 2.37. The zero-order valence-corrected chi connectivity index (χ0v) is 10.7. The summed E-state index contributed by atoms with van der Waals surface area (Å²) in [5.74, 6) is -3.65. The van der Waals surface area contributed by atoms with Crippen LogP contribution in [0.2, 0.25) is 5.02 Å². The van der Waals surface area contributed by atoms with Crippen molar-refractivity contribution in [2.45, 2.75) is 5.92 Å². The minimum absolute atomic E-state index is 0.00364. The Morgan fingerprint density at radius 2 is 1.89 bits per heavy atom. The summed E-state index contributed by atoms with van der Waals surface area (Å²) >= 11 is 5.59. The van der Waals surface area contributed by atoms with E-state index >= 15 is 0 Å². The van der Waals surface area contributed by atoms with Gasteiger partial charge in [0.05, 0.1) is 24.2 Å². The Morgan fingerprint density at radius 1 is 1.37 bits per heavy atom. The second-order valence-corrected chi connectivity index (χ2v) is 3.73. The number of methoxy groups -OCH3 is 2. The molecule has 0 spiro atoms. The van der Waals surface area contributed by atoms with Crippen LogP contribution in [0.1, 0.15) is 11.6 Å². The first kappa shape index (κ1) is 14.8. The van der Waals surface area contributed by atoms with E-state index in [0.717, 1.165) is 26.5 Å². The summed E-state index contributed by atoms with van der Waals surface area (Å²) in [6.07, 6.45) is 1.09. The Bertz CT molecular complexity index is 517. The number of carbonyl (C=O) groups excluding carboxylic acids is 2.